The Balaban J connectivity index is 1.22. The monoisotopic (exact) mass is 405 g/mol. The molecule has 1 spiro atoms. The number of carbonyl (C=O) groups is 2. The highest BCUT2D eigenvalue weighted by atomic mass is 16.6. The van der Waals surface area contributed by atoms with E-state index < -0.39 is 5.60 Å². The van der Waals surface area contributed by atoms with Gasteiger partial charge < -0.3 is 19.4 Å². The first-order chi connectivity index (χ1) is 14.1. The summed E-state index contributed by atoms with van der Waals surface area (Å²) in [5, 5.41) is 3.99. The van der Waals surface area contributed by atoms with E-state index >= 15 is 0 Å². The zero-order valence-electron chi connectivity index (χ0n) is 17.2. The summed E-state index contributed by atoms with van der Waals surface area (Å²) in [6.45, 7) is 11.3. The Hall–Kier alpha value is -2.20. The first-order valence-corrected chi connectivity index (χ1v) is 10.6. The number of rotatable bonds is 6. The van der Waals surface area contributed by atoms with Crippen molar-refractivity contribution in [2.45, 2.75) is 31.9 Å². The normalized spacial score (nSPS) is 23.0. The van der Waals surface area contributed by atoms with E-state index in [1.165, 1.54) is 11.0 Å². The fraction of sp³-hybridized carbons (Fsp3) is 0.789. The van der Waals surface area contributed by atoms with Crippen molar-refractivity contribution in [2.24, 2.45) is 0 Å². The lowest BCUT2D eigenvalue weighted by molar-refractivity contribution is -0.135. The standard InChI is InChI=1S/C19H31N7O3/c1-2-22-7-9-23(10-8-22)11-12-25-14-19(29-18(25)28)3-5-24(6-4-19)17(27)13-26-16-20-15-21-26/h15-16H,2-14H2,1H3. The smallest absolute Gasteiger partial charge is 0.410 e. The molecular weight excluding hydrogens is 374 g/mol. The number of likely N-dealkylation sites (N-methyl/N-ethyl adjacent to an activating group) is 1. The molecule has 0 N–H and O–H groups in total. The van der Waals surface area contributed by atoms with E-state index in [1.54, 1.807) is 6.33 Å². The summed E-state index contributed by atoms with van der Waals surface area (Å²) in [4.78, 5) is 37.3. The molecule has 0 atom stereocenters. The molecule has 3 saturated heterocycles. The predicted molar refractivity (Wildman–Crippen MR) is 105 cm³/mol. The van der Waals surface area contributed by atoms with Crippen LogP contribution in [0.1, 0.15) is 19.8 Å². The maximum atomic E-state index is 12.4. The number of hydrogen-bond acceptors (Lipinski definition) is 7. The van der Waals surface area contributed by atoms with E-state index in [0.717, 1.165) is 39.3 Å². The molecule has 1 aromatic heterocycles. The van der Waals surface area contributed by atoms with Crippen LogP contribution < -0.4 is 0 Å². The summed E-state index contributed by atoms with van der Waals surface area (Å²) < 4.78 is 7.34. The fourth-order valence-electron chi connectivity index (χ4n) is 4.43. The molecule has 1 aromatic rings. The van der Waals surface area contributed by atoms with Gasteiger partial charge in [-0.05, 0) is 6.54 Å². The predicted octanol–water partition coefficient (Wildman–Crippen LogP) is -0.271. The molecule has 3 fully saturated rings. The van der Waals surface area contributed by atoms with Gasteiger partial charge in [-0.3, -0.25) is 9.69 Å². The van der Waals surface area contributed by atoms with Gasteiger partial charge in [0.15, 0.2) is 0 Å². The van der Waals surface area contributed by atoms with Crippen LogP contribution in [0, 0.1) is 0 Å². The number of aromatic nitrogens is 3. The van der Waals surface area contributed by atoms with E-state index in [2.05, 4.69) is 26.8 Å². The van der Waals surface area contributed by atoms with Crippen molar-refractivity contribution < 1.29 is 14.3 Å². The van der Waals surface area contributed by atoms with Gasteiger partial charge in [0.05, 0.1) is 6.54 Å². The second kappa shape index (κ2) is 8.66. The lowest BCUT2D eigenvalue weighted by atomic mass is 9.91. The van der Waals surface area contributed by atoms with Crippen LogP contribution in [0.25, 0.3) is 0 Å². The van der Waals surface area contributed by atoms with Crippen molar-refractivity contribution in [3.8, 4) is 0 Å². The van der Waals surface area contributed by atoms with Crippen molar-refractivity contribution in [2.75, 3.05) is 65.4 Å². The van der Waals surface area contributed by atoms with Crippen LogP contribution in [0.2, 0.25) is 0 Å². The summed E-state index contributed by atoms with van der Waals surface area (Å²) in [6.07, 6.45) is 4.14. The third-order valence-corrected chi connectivity index (χ3v) is 6.43. The number of hydrogen-bond donors (Lipinski definition) is 0. The Bertz CT molecular complexity index is 695. The van der Waals surface area contributed by atoms with E-state index in [4.69, 9.17) is 4.74 Å². The van der Waals surface area contributed by atoms with Crippen molar-refractivity contribution in [1.82, 2.24) is 34.4 Å². The van der Waals surface area contributed by atoms with Gasteiger partial charge in [0, 0.05) is 65.2 Å². The average molecular weight is 406 g/mol. The van der Waals surface area contributed by atoms with Gasteiger partial charge in [-0.15, -0.1) is 0 Å². The van der Waals surface area contributed by atoms with Crippen LogP contribution in [0.5, 0.6) is 0 Å². The molecule has 0 saturated carbocycles. The average Bonchev–Trinajstić information content (AvgIpc) is 3.35. The SMILES string of the molecule is CCN1CCN(CCN2CC3(CCN(C(=O)Cn4cncn4)CC3)OC2=O)CC1. The van der Waals surface area contributed by atoms with Gasteiger partial charge in [-0.2, -0.15) is 5.10 Å². The molecule has 4 heterocycles. The van der Waals surface area contributed by atoms with Gasteiger partial charge in [0.1, 0.15) is 24.8 Å². The van der Waals surface area contributed by atoms with Gasteiger partial charge in [0.25, 0.3) is 0 Å². The zero-order valence-corrected chi connectivity index (χ0v) is 17.2. The lowest BCUT2D eigenvalue weighted by Gasteiger charge is -2.37. The van der Waals surface area contributed by atoms with Gasteiger partial charge in [-0.25, -0.2) is 14.5 Å². The molecule has 4 rings (SSSR count). The Morgan fingerprint density at radius 2 is 1.83 bits per heavy atom. The maximum absolute atomic E-state index is 12.4. The number of likely N-dealkylation sites (tertiary alicyclic amines) is 1. The molecule has 0 aromatic carbocycles. The zero-order chi connectivity index (χ0) is 20.3. The van der Waals surface area contributed by atoms with Gasteiger partial charge in [-0.1, -0.05) is 6.92 Å². The van der Waals surface area contributed by atoms with E-state index in [0.29, 0.717) is 39.0 Å². The molecule has 160 valence electrons. The highest BCUT2D eigenvalue weighted by Gasteiger charge is 2.47. The Kier molecular flexibility index (Phi) is 6.00. The first kappa shape index (κ1) is 20.1. The quantitative estimate of drug-likeness (QED) is 0.644. The summed E-state index contributed by atoms with van der Waals surface area (Å²) >= 11 is 0. The lowest BCUT2D eigenvalue weighted by Crippen LogP contribution is -2.50. The molecule has 3 aliphatic rings. The highest BCUT2D eigenvalue weighted by molar-refractivity contribution is 5.76. The molecule has 2 amide bonds. The Morgan fingerprint density at radius 1 is 1.10 bits per heavy atom. The van der Waals surface area contributed by atoms with E-state index in [9.17, 15) is 9.59 Å². The van der Waals surface area contributed by atoms with Gasteiger partial charge >= 0.3 is 6.09 Å². The van der Waals surface area contributed by atoms with Crippen LogP contribution in [-0.2, 0) is 16.1 Å². The molecule has 0 aliphatic carbocycles. The Labute approximate surface area is 171 Å². The van der Waals surface area contributed by atoms with Crippen molar-refractivity contribution in [3.63, 3.8) is 0 Å². The van der Waals surface area contributed by atoms with Crippen LogP contribution in [0.3, 0.4) is 0 Å². The number of piperidine rings is 1. The van der Waals surface area contributed by atoms with Crippen molar-refractivity contribution in [1.29, 1.82) is 0 Å². The highest BCUT2D eigenvalue weighted by Crippen LogP contribution is 2.33. The second-order valence-corrected chi connectivity index (χ2v) is 8.22. The van der Waals surface area contributed by atoms with Crippen LogP contribution in [-0.4, -0.2) is 117 Å². The minimum atomic E-state index is -0.442. The molecule has 0 radical (unpaired) electrons. The van der Waals surface area contributed by atoms with Crippen LogP contribution >= 0.6 is 0 Å². The largest absolute Gasteiger partial charge is 0.441 e. The maximum Gasteiger partial charge on any atom is 0.410 e. The Morgan fingerprint density at radius 3 is 2.48 bits per heavy atom. The second-order valence-electron chi connectivity index (χ2n) is 8.22. The molecule has 3 aliphatic heterocycles. The third-order valence-electron chi connectivity index (χ3n) is 6.43. The summed E-state index contributed by atoms with van der Waals surface area (Å²) in [7, 11) is 0. The van der Waals surface area contributed by atoms with Crippen LogP contribution in [0.15, 0.2) is 12.7 Å². The first-order valence-electron chi connectivity index (χ1n) is 10.6. The number of nitrogens with zero attached hydrogens (tertiary/aromatic N) is 7. The minimum absolute atomic E-state index is 0.0257. The number of amides is 2. The minimum Gasteiger partial charge on any atom is -0.441 e. The molecule has 29 heavy (non-hydrogen) atoms. The van der Waals surface area contributed by atoms with E-state index in [-0.39, 0.29) is 18.5 Å². The number of piperazine rings is 1. The summed E-state index contributed by atoms with van der Waals surface area (Å²) in [5.41, 5.74) is -0.442. The molecule has 0 unspecified atom stereocenters. The van der Waals surface area contributed by atoms with E-state index in [1.807, 2.05) is 9.80 Å². The molecular formula is C19H31N7O3. The van der Waals surface area contributed by atoms with Gasteiger partial charge in [0.2, 0.25) is 5.91 Å². The number of carbonyl (C=O) groups excluding carboxylic acids is 2. The topological polar surface area (TPSA) is 87.0 Å². The molecule has 10 heteroatoms. The van der Waals surface area contributed by atoms with Crippen molar-refractivity contribution in [3.05, 3.63) is 12.7 Å². The molecule has 10 nitrogen and oxygen atoms in total. The summed E-state index contributed by atoms with van der Waals surface area (Å²) in [6, 6.07) is 0. The van der Waals surface area contributed by atoms with Crippen LogP contribution in [0.4, 0.5) is 4.79 Å². The summed E-state index contributed by atoms with van der Waals surface area (Å²) in [5.74, 6) is 0.0257. The van der Waals surface area contributed by atoms with Crippen molar-refractivity contribution >= 4 is 12.0 Å². The fourth-order valence-corrected chi connectivity index (χ4v) is 4.43. The molecule has 0 bridgehead atoms. The third kappa shape index (κ3) is 4.69. The number of ether oxygens (including phenoxy) is 1.